The lowest BCUT2D eigenvalue weighted by Crippen LogP contribution is -2.41. The predicted molar refractivity (Wildman–Crippen MR) is 170 cm³/mol. The summed E-state index contributed by atoms with van der Waals surface area (Å²) in [6.45, 7) is 8.30. The Morgan fingerprint density at radius 3 is 1.71 bits per heavy atom. The summed E-state index contributed by atoms with van der Waals surface area (Å²) in [4.78, 5) is 2.27. The highest BCUT2D eigenvalue weighted by molar-refractivity contribution is 6.62. The third kappa shape index (κ3) is 4.42. The minimum absolute atomic E-state index is 0.413. The van der Waals surface area contributed by atoms with Gasteiger partial charge in [0, 0.05) is 22.1 Å². The second-order valence-corrected chi connectivity index (χ2v) is 11.7. The van der Waals surface area contributed by atoms with Gasteiger partial charge in [-0.3, -0.25) is 0 Å². The molecule has 2 heterocycles. The van der Waals surface area contributed by atoms with Crippen molar-refractivity contribution in [1.29, 1.82) is 0 Å². The van der Waals surface area contributed by atoms with E-state index in [0.717, 1.165) is 55.6 Å². The van der Waals surface area contributed by atoms with E-state index in [9.17, 15) is 0 Å². The highest BCUT2D eigenvalue weighted by atomic mass is 16.7. The lowest BCUT2D eigenvalue weighted by Gasteiger charge is -2.32. The summed E-state index contributed by atoms with van der Waals surface area (Å²) in [5.74, 6) is 0. The quantitative estimate of drug-likeness (QED) is 0.206. The van der Waals surface area contributed by atoms with Gasteiger partial charge in [0.25, 0.3) is 0 Å². The average molecular weight is 537 g/mol. The number of nitrogens with zero attached hydrogens (tertiary/aromatic N) is 1. The smallest absolute Gasteiger partial charge is 0.454 e. The maximum atomic E-state index is 6.75. The Kier molecular flexibility index (Phi) is 6.04. The lowest BCUT2D eigenvalue weighted by atomic mass is 9.79. The molecule has 0 spiro atoms. The van der Waals surface area contributed by atoms with Crippen molar-refractivity contribution in [1.82, 2.24) is 0 Å². The molecule has 0 radical (unpaired) electrons. The number of hydrogen-bond donors (Lipinski definition) is 0. The number of rotatable bonds is 5. The fourth-order valence-corrected chi connectivity index (χ4v) is 5.55. The Labute approximate surface area is 241 Å². The molecule has 5 heteroatoms. The molecule has 1 aromatic heterocycles. The van der Waals surface area contributed by atoms with Crippen molar-refractivity contribution in [2.75, 3.05) is 4.90 Å². The molecule has 1 fully saturated rings. The van der Waals surface area contributed by atoms with Crippen LogP contribution in [-0.2, 0) is 9.31 Å². The molecular weight excluding hydrogens is 505 g/mol. The molecule has 41 heavy (non-hydrogen) atoms. The zero-order valence-corrected chi connectivity index (χ0v) is 23.8. The fourth-order valence-electron chi connectivity index (χ4n) is 5.55. The molecule has 1 aliphatic rings. The van der Waals surface area contributed by atoms with Crippen molar-refractivity contribution in [3.63, 3.8) is 0 Å². The van der Waals surface area contributed by atoms with Crippen molar-refractivity contribution in [3.05, 3.63) is 121 Å². The van der Waals surface area contributed by atoms with E-state index in [1.165, 1.54) is 0 Å². The monoisotopic (exact) mass is 537 g/mol. The Morgan fingerprint density at radius 1 is 0.561 bits per heavy atom. The molecule has 7 rings (SSSR count). The molecule has 1 aliphatic heterocycles. The van der Waals surface area contributed by atoms with Crippen LogP contribution in [0.15, 0.2) is 126 Å². The van der Waals surface area contributed by atoms with E-state index >= 15 is 0 Å². The Morgan fingerprint density at radius 2 is 1.12 bits per heavy atom. The first-order valence-corrected chi connectivity index (χ1v) is 14.1. The minimum atomic E-state index is -0.456. The van der Waals surface area contributed by atoms with Crippen LogP contribution in [0.5, 0.6) is 0 Å². The van der Waals surface area contributed by atoms with Gasteiger partial charge in [-0.05, 0) is 86.7 Å². The first-order valence-electron chi connectivity index (χ1n) is 14.1. The number of fused-ring (bicyclic) bond motifs is 3. The van der Waals surface area contributed by atoms with Gasteiger partial charge in [-0.1, -0.05) is 78.9 Å². The van der Waals surface area contributed by atoms with Gasteiger partial charge in [0.1, 0.15) is 5.58 Å². The molecule has 0 amide bonds. The number of para-hydroxylation sites is 2. The lowest BCUT2D eigenvalue weighted by molar-refractivity contribution is 0.00578. The van der Waals surface area contributed by atoms with Crippen LogP contribution >= 0.6 is 0 Å². The van der Waals surface area contributed by atoms with Gasteiger partial charge in [-0.25, -0.2) is 0 Å². The number of benzene rings is 5. The topological polar surface area (TPSA) is 34.8 Å². The van der Waals surface area contributed by atoms with Gasteiger partial charge >= 0.3 is 7.12 Å². The zero-order valence-electron chi connectivity index (χ0n) is 23.8. The Bertz CT molecular complexity index is 1790. The van der Waals surface area contributed by atoms with Gasteiger partial charge in [0.05, 0.1) is 16.9 Å². The summed E-state index contributed by atoms with van der Waals surface area (Å²) in [6.07, 6.45) is 0. The molecule has 6 aromatic rings. The fraction of sp³-hybridized carbons (Fsp3) is 0.167. The van der Waals surface area contributed by atoms with Crippen LogP contribution in [0.4, 0.5) is 17.1 Å². The van der Waals surface area contributed by atoms with Crippen LogP contribution in [0, 0.1) is 0 Å². The van der Waals surface area contributed by atoms with Gasteiger partial charge in [-0.15, -0.1) is 0 Å². The normalized spacial score (nSPS) is 16.0. The van der Waals surface area contributed by atoms with E-state index in [-0.39, 0.29) is 0 Å². The molecule has 0 bridgehead atoms. The second-order valence-electron chi connectivity index (χ2n) is 11.7. The highest BCUT2D eigenvalue weighted by Gasteiger charge is 2.51. The molecule has 0 atom stereocenters. The third-order valence-corrected chi connectivity index (χ3v) is 8.48. The van der Waals surface area contributed by atoms with Crippen LogP contribution in [0.25, 0.3) is 33.1 Å². The summed E-state index contributed by atoms with van der Waals surface area (Å²) in [5.41, 5.74) is 7.14. The highest BCUT2D eigenvalue weighted by Crippen LogP contribution is 2.44. The van der Waals surface area contributed by atoms with E-state index < -0.39 is 18.3 Å². The molecule has 1 saturated heterocycles. The molecule has 202 valence electrons. The third-order valence-electron chi connectivity index (χ3n) is 8.48. The SMILES string of the molecule is CC1(C)OB(c2ccc3c(c2)oc2c(N(c4ccccc4)c4ccccc4)cc(-c4ccccc4)cc23)OC1(C)C. The zero-order chi connectivity index (χ0) is 28.2. The molecular formula is C36H32BNO3. The second kappa shape index (κ2) is 9.65. The first kappa shape index (κ1) is 25.6. The van der Waals surface area contributed by atoms with Gasteiger partial charge in [0.2, 0.25) is 0 Å². The molecule has 0 N–H and O–H groups in total. The number of anilines is 3. The standard InChI is InChI=1S/C36H32BNO3/c1-35(2)36(3,4)41-37(40-35)27-20-21-30-31-22-26(25-14-8-5-9-15-25)23-32(34(31)39-33(30)24-27)38(28-16-10-6-11-17-28)29-18-12-7-13-19-29/h5-24H,1-4H3. The van der Waals surface area contributed by atoms with Gasteiger partial charge in [0.15, 0.2) is 5.58 Å². The van der Waals surface area contributed by atoms with Crippen molar-refractivity contribution >= 4 is 51.6 Å². The molecule has 5 aromatic carbocycles. The van der Waals surface area contributed by atoms with E-state index in [1.807, 2.05) is 18.2 Å². The minimum Gasteiger partial charge on any atom is -0.454 e. The molecule has 0 unspecified atom stereocenters. The summed E-state index contributed by atoms with van der Waals surface area (Å²) < 4.78 is 19.5. The van der Waals surface area contributed by atoms with Crippen LogP contribution in [0.3, 0.4) is 0 Å². The summed E-state index contributed by atoms with van der Waals surface area (Å²) >= 11 is 0. The van der Waals surface area contributed by atoms with Gasteiger partial charge in [-0.2, -0.15) is 0 Å². The first-order chi connectivity index (χ1) is 19.8. The number of furan rings is 1. The predicted octanol–water partition coefficient (Wildman–Crippen LogP) is 9.02. The molecule has 0 saturated carbocycles. The summed E-state index contributed by atoms with van der Waals surface area (Å²) in [5, 5.41) is 2.12. The van der Waals surface area contributed by atoms with Crippen LogP contribution in [0.1, 0.15) is 27.7 Å². The van der Waals surface area contributed by atoms with E-state index in [0.29, 0.717) is 0 Å². The number of hydrogen-bond acceptors (Lipinski definition) is 4. The van der Waals surface area contributed by atoms with Crippen molar-refractivity contribution in [3.8, 4) is 11.1 Å². The maximum Gasteiger partial charge on any atom is 0.494 e. The van der Waals surface area contributed by atoms with Crippen molar-refractivity contribution in [2.24, 2.45) is 0 Å². The Balaban J connectivity index is 1.47. The van der Waals surface area contributed by atoms with Crippen molar-refractivity contribution < 1.29 is 13.7 Å². The van der Waals surface area contributed by atoms with E-state index in [1.54, 1.807) is 0 Å². The van der Waals surface area contributed by atoms with Crippen molar-refractivity contribution in [2.45, 2.75) is 38.9 Å². The summed E-state index contributed by atoms with van der Waals surface area (Å²) in [6, 6.07) is 42.2. The maximum absolute atomic E-state index is 6.75. The van der Waals surface area contributed by atoms with Crippen LogP contribution in [0.2, 0.25) is 0 Å². The van der Waals surface area contributed by atoms with Crippen LogP contribution < -0.4 is 10.4 Å². The summed E-state index contributed by atoms with van der Waals surface area (Å²) in [7, 11) is -0.456. The van der Waals surface area contributed by atoms with E-state index in [4.69, 9.17) is 13.7 Å². The largest absolute Gasteiger partial charge is 0.494 e. The van der Waals surface area contributed by atoms with Gasteiger partial charge < -0.3 is 18.6 Å². The average Bonchev–Trinajstić information content (AvgIpc) is 3.46. The molecule has 0 aliphatic carbocycles. The molecule has 4 nitrogen and oxygen atoms in total. The van der Waals surface area contributed by atoms with E-state index in [2.05, 4.69) is 136 Å². The Hall–Kier alpha value is -4.32. The van der Waals surface area contributed by atoms with Crippen LogP contribution in [-0.4, -0.2) is 18.3 Å².